The molecule has 1 heterocycles. The van der Waals surface area contributed by atoms with Gasteiger partial charge in [0.05, 0.1) is 15.6 Å². The minimum Gasteiger partial charge on any atom is -0.480 e. The van der Waals surface area contributed by atoms with Gasteiger partial charge in [0.1, 0.15) is 5.75 Å². The predicted molar refractivity (Wildman–Crippen MR) is 111 cm³/mol. The molecule has 0 saturated carbocycles. The van der Waals surface area contributed by atoms with Crippen LogP contribution in [0.2, 0.25) is 5.02 Å². The molecule has 28 heavy (non-hydrogen) atoms. The third-order valence-corrected chi connectivity index (χ3v) is 5.04. The van der Waals surface area contributed by atoms with Crippen molar-refractivity contribution in [2.75, 3.05) is 6.61 Å². The van der Waals surface area contributed by atoms with Gasteiger partial charge in [-0.2, -0.15) is 0 Å². The van der Waals surface area contributed by atoms with Crippen LogP contribution in [0.1, 0.15) is 18.1 Å². The Morgan fingerprint density at radius 3 is 2.68 bits per heavy atom. The quantitative estimate of drug-likeness (QED) is 0.687. The standard InChI is InChI=1S/C20H17ClN2O4S/c1-2-12-3-6-14(7-4-12)22-20-23-19(26)17(28-20)10-13-5-8-16(15(21)9-13)27-11-18(24)25/h3-10H,2,11H2,1H3,(H,24,25)(H,22,23,26). The summed E-state index contributed by atoms with van der Waals surface area (Å²) in [4.78, 5) is 27.7. The molecule has 1 aliphatic rings. The van der Waals surface area contributed by atoms with Crippen molar-refractivity contribution in [2.45, 2.75) is 13.3 Å². The topological polar surface area (TPSA) is 88.0 Å². The lowest BCUT2D eigenvalue weighted by Gasteiger charge is -2.06. The molecule has 0 unspecified atom stereocenters. The number of hydrogen-bond acceptors (Lipinski definition) is 5. The van der Waals surface area contributed by atoms with Crippen molar-refractivity contribution < 1.29 is 19.4 Å². The lowest BCUT2D eigenvalue weighted by atomic mass is 10.2. The molecular formula is C20H17ClN2O4S. The number of aliphatic carboxylic acids is 1. The summed E-state index contributed by atoms with van der Waals surface area (Å²) >= 11 is 7.36. The average molecular weight is 417 g/mol. The van der Waals surface area contributed by atoms with E-state index in [0.717, 1.165) is 12.1 Å². The molecule has 2 N–H and O–H groups in total. The number of aliphatic imine (C=N–C) groups is 1. The summed E-state index contributed by atoms with van der Waals surface area (Å²) in [7, 11) is 0. The molecule has 2 aromatic rings. The van der Waals surface area contributed by atoms with Gasteiger partial charge in [0.2, 0.25) is 0 Å². The highest BCUT2D eigenvalue weighted by atomic mass is 35.5. The molecule has 0 atom stereocenters. The number of rotatable bonds is 6. The number of halogens is 1. The number of carbonyl (C=O) groups excluding carboxylic acids is 1. The minimum absolute atomic E-state index is 0.240. The van der Waals surface area contributed by atoms with Gasteiger partial charge in [0.15, 0.2) is 11.8 Å². The fourth-order valence-corrected chi connectivity index (χ4v) is 3.50. The molecule has 1 fully saturated rings. The number of hydrogen-bond donors (Lipinski definition) is 2. The van der Waals surface area contributed by atoms with Crippen LogP contribution in [0.3, 0.4) is 0 Å². The Kier molecular flexibility index (Phi) is 6.38. The number of amidine groups is 1. The average Bonchev–Trinajstić information content (AvgIpc) is 3.00. The molecule has 8 heteroatoms. The Hall–Kier alpha value is -2.77. The molecule has 0 bridgehead atoms. The first-order valence-electron chi connectivity index (χ1n) is 8.47. The largest absolute Gasteiger partial charge is 0.480 e. The van der Waals surface area contributed by atoms with Crippen molar-refractivity contribution in [3.63, 3.8) is 0 Å². The van der Waals surface area contributed by atoms with Crippen LogP contribution in [0.15, 0.2) is 52.4 Å². The Morgan fingerprint density at radius 2 is 2.04 bits per heavy atom. The molecule has 6 nitrogen and oxygen atoms in total. The Labute approximate surface area is 171 Å². The summed E-state index contributed by atoms with van der Waals surface area (Å²) in [6.45, 7) is 1.61. The summed E-state index contributed by atoms with van der Waals surface area (Å²) in [6.07, 6.45) is 2.65. The highest BCUT2D eigenvalue weighted by Gasteiger charge is 2.23. The number of carbonyl (C=O) groups is 2. The van der Waals surface area contributed by atoms with Crippen LogP contribution in [-0.4, -0.2) is 28.8 Å². The number of benzene rings is 2. The zero-order chi connectivity index (χ0) is 20.1. The van der Waals surface area contributed by atoms with Gasteiger partial charge < -0.3 is 15.2 Å². The van der Waals surface area contributed by atoms with Crippen LogP contribution in [0.25, 0.3) is 6.08 Å². The number of ether oxygens (including phenoxy) is 1. The number of carboxylic acid groups (broad SMARTS) is 1. The molecule has 1 saturated heterocycles. The van der Waals surface area contributed by atoms with E-state index in [-0.39, 0.29) is 16.7 Å². The van der Waals surface area contributed by atoms with Crippen molar-refractivity contribution in [1.29, 1.82) is 0 Å². The SMILES string of the molecule is CCc1ccc(N=C2NC(=O)C(=Cc3ccc(OCC(=O)O)c(Cl)c3)S2)cc1. The summed E-state index contributed by atoms with van der Waals surface area (Å²) in [5, 5.41) is 12.2. The van der Waals surface area contributed by atoms with Gasteiger partial charge in [-0.05, 0) is 59.7 Å². The maximum atomic E-state index is 12.2. The summed E-state index contributed by atoms with van der Waals surface area (Å²) in [5.74, 6) is -1.05. The first kappa shape index (κ1) is 20.0. The number of amides is 1. The van der Waals surface area contributed by atoms with Crippen molar-refractivity contribution in [3.05, 3.63) is 63.5 Å². The predicted octanol–water partition coefficient (Wildman–Crippen LogP) is 4.26. The zero-order valence-electron chi connectivity index (χ0n) is 14.9. The third-order valence-electron chi connectivity index (χ3n) is 3.83. The molecular weight excluding hydrogens is 400 g/mol. The van der Waals surface area contributed by atoms with E-state index in [0.29, 0.717) is 15.6 Å². The second-order valence-electron chi connectivity index (χ2n) is 5.87. The first-order chi connectivity index (χ1) is 13.4. The van der Waals surface area contributed by atoms with E-state index in [2.05, 4.69) is 17.2 Å². The Balaban J connectivity index is 1.73. The van der Waals surface area contributed by atoms with E-state index in [1.165, 1.54) is 17.3 Å². The molecule has 0 spiro atoms. The minimum atomic E-state index is -1.09. The van der Waals surface area contributed by atoms with Gasteiger partial charge >= 0.3 is 5.97 Å². The summed E-state index contributed by atoms with van der Waals surface area (Å²) in [5.41, 5.74) is 2.68. The number of nitrogens with one attached hydrogen (secondary N) is 1. The molecule has 1 amide bonds. The first-order valence-corrected chi connectivity index (χ1v) is 9.66. The van der Waals surface area contributed by atoms with Crippen LogP contribution in [-0.2, 0) is 16.0 Å². The number of aryl methyl sites for hydroxylation is 1. The summed E-state index contributed by atoms with van der Waals surface area (Å²) in [6, 6.07) is 12.7. The van der Waals surface area contributed by atoms with Crippen molar-refractivity contribution in [2.24, 2.45) is 4.99 Å². The smallest absolute Gasteiger partial charge is 0.341 e. The highest BCUT2D eigenvalue weighted by molar-refractivity contribution is 8.18. The molecule has 0 radical (unpaired) electrons. The van der Waals surface area contributed by atoms with E-state index in [9.17, 15) is 9.59 Å². The van der Waals surface area contributed by atoms with Crippen LogP contribution in [0.5, 0.6) is 5.75 Å². The van der Waals surface area contributed by atoms with E-state index in [1.807, 2.05) is 24.3 Å². The van der Waals surface area contributed by atoms with Gasteiger partial charge in [-0.3, -0.25) is 4.79 Å². The van der Waals surface area contributed by atoms with E-state index < -0.39 is 12.6 Å². The molecule has 2 aromatic carbocycles. The van der Waals surface area contributed by atoms with Crippen LogP contribution in [0, 0.1) is 0 Å². The van der Waals surface area contributed by atoms with E-state index in [1.54, 1.807) is 24.3 Å². The molecule has 3 rings (SSSR count). The lowest BCUT2D eigenvalue weighted by molar-refractivity contribution is -0.139. The maximum Gasteiger partial charge on any atom is 0.341 e. The van der Waals surface area contributed by atoms with Crippen LogP contribution < -0.4 is 10.1 Å². The van der Waals surface area contributed by atoms with Gasteiger partial charge in [-0.25, -0.2) is 9.79 Å². The summed E-state index contributed by atoms with van der Waals surface area (Å²) < 4.78 is 5.09. The van der Waals surface area contributed by atoms with Crippen LogP contribution >= 0.6 is 23.4 Å². The number of thioether (sulfide) groups is 1. The monoisotopic (exact) mass is 416 g/mol. The van der Waals surface area contributed by atoms with Crippen molar-refractivity contribution in [1.82, 2.24) is 5.32 Å². The number of carboxylic acids is 1. The van der Waals surface area contributed by atoms with E-state index >= 15 is 0 Å². The Morgan fingerprint density at radius 1 is 1.29 bits per heavy atom. The lowest BCUT2D eigenvalue weighted by Crippen LogP contribution is -2.19. The maximum absolute atomic E-state index is 12.2. The van der Waals surface area contributed by atoms with E-state index in [4.69, 9.17) is 21.4 Å². The van der Waals surface area contributed by atoms with Gasteiger partial charge in [0, 0.05) is 0 Å². The zero-order valence-corrected chi connectivity index (χ0v) is 16.5. The van der Waals surface area contributed by atoms with Gasteiger partial charge in [0.25, 0.3) is 5.91 Å². The molecule has 144 valence electrons. The van der Waals surface area contributed by atoms with Crippen LogP contribution in [0.4, 0.5) is 5.69 Å². The Bertz CT molecular complexity index is 971. The molecule has 0 aliphatic carbocycles. The third kappa shape index (κ3) is 5.15. The number of nitrogens with zero attached hydrogens (tertiary/aromatic N) is 1. The molecule has 1 aliphatic heterocycles. The fourth-order valence-electron chi connectivity index (χ4n) is 2.42. The van der Waals surface area contributed by atoms with Crippen molar-refractivity contribution >= 4 is 52.2 Å². The second kappa shape index (κ2) is 8.95. The normalized spacial score (nSPS) is 16.4. The second-order valence-corrected chi connectivity index (χ2v) is 7.31. The van der Waals surface area contributed by atoms with Crippen molar-refractivity contribution in [3.8, 4) is 5.75 Å². The highest BCUT2D eigenvalue weighted by Crippen LogP contribution is 2.31. The van der Waals surface area contributed by atoms with Gasteiger partial charge in [-0.1, -0.05) is 36.7 Å². The fraction of sp³-hybridized carbons (Fsp3) is 0.150. The molecule has 0 aromatic heterocycles. The van der Waals surface area contributed by atoms with Gasteiger partial charge in [-0.15, -0.1) is 0 Å².